The summed E-state index contributed by atoms with van der Waals surface area (Å²) in [6.07, 6.45) is 3.71. The summed E-state index contributed by atoms with van der Waals surface area (Å²) < 4.78 is 30.6. The normalized spacial score (nSPS) is 25.7. The number of carbonyl (C=O) groups is 1. The predicted octanol–water partition coefficient (Wildman–Crippen LogP) is 1.97. The van der Waals surface area contributed by atoms with E-state index in [4.69, 9.17) is 14.0 Å². The molecule has 0 spiro atoms. The Morgan fingerprint density at radius 1 is 1.44 bits per heavy atom. The molecular weight excluding hydrogens is 329 g/mol. The molecule has 3 unspecified atom stereocenters. The third-order valence-corrected chi connectivity index (χ3v) is 4.77. The minimum Gasteiger partial charge on any atom is -0.467 e. The Labute approximate surface area is 143 Å². The van der Waals surface area contributed by atoms with Gasteiger partial charge in [0.25, 0.3) is 11.8 Å². The van der Waals surface area contributed by atoms with Crippen molar-refractivity contribution in [2.24, 2.45) is 0 Å². The van der Waals surface area contributed by atoms with E-state index >= 15 is 0 Å². The van der Waals surface area contributed by atoms with Gasteiger partial charge in [-0.15, -0.1) is 0 Å². The van der Waals surface area contributed by atoms with E-state index < -0.39 is 11.9 Å². The van der Waals surface area contributed by atoms with E-state index in [-0.39, 0.29) is 23.9 Å². The lowest BCUT2D eigenvalue weighted by Crippen LogP contribution is -2.47. The summed E-state index contributed by atoms with van der Waals surface area (Å²) >= 11 is 0. The average molecular weight is 347 g/mol. The second-order valence-electron chi connectivity index (χ2n) is 6.22. The Morgan fingerprint density at radius 2 is 2.32 bits per heavy atom. The highest BCUT2D eigenvalue weighted by Crippen LogP contribution is 2.34. The second kappa shape index (κ2) is 6.44. The van der Waals surface area contributed by atoms with E-state index in [1.807, 2.05) is 0 Å². The minimum atomic E-state index is -0.529. The van der Waals surface area contributed by atoms with Crippen LogP contribution in [-0.2, 0) is 4.74 Å². The summed E-state index contributed by atoms with van der Waals surface area (Å²) in [7, 11) is 0. The molecule has 8 heteroatoms. The van der Waals surface area contributed by atoms with Crippen LogP contribution in [-0.4, -0.2) is 52.3 Å². The van der Waals surface area contributed by atoms with Gasteiger partial charge < -0.3 is 18.9 Å². The number of carbonyl (C=O) groups excluding carboxylic acids is 1. The Balaban J connectivity index is 1.61. The average Bonchev–Trinajstić information content (AvgIpc) is 3.13. The molecule has 4 rings (SSSR count). The third kappa shape index (κ3) is 2.86. The molecule has 1 saturated heterocycles. The summed E-state index contributed by atoms with van der Waals surface area (Å²) in [5.41, 5.74) is 0.424. The summed E-state index contributed by atoms with van der Waals surface area (Å²) in [4.78, 5) is 18.6. The van der Waals surface area contributed by atoms with Crippen LogP contribution in [0.5, 0.6) is 5.88 Å². The molecule has 0 radical (unpaired) electrons. The number of ether oxygens (including phenoxy) is 2. The third-order valence-electron chi connectivity index (χ3n) is 4.77. The molecule has 2 aromatic heterocycles. The molecule has 2 aromatic rings. The van der Waals surface area contributed by atoms with Gasteiger partial charge in [0.1, 0.15) is 17.4 Å². The lowest BCUT2D eigenvalue weighted by molar-refractivity contribution is 0.000307. The van der Waals surface area contributed by atoms with Crippen molar-refractivity contribution in [1.29, 1.82) is 0 Å². The van der Waals surface area contributed by atoms with Crippen LogP contribution in [0.15, 0.2) is 29.0 Å². The monoisotopic (exact) mass is 347 g/mol. The molecule has 7 nitrogen and oxygen atoms in total. The van der Waals surface area contributed by atoms with Gasteiger partial charge in [-0.3, -0.25) is 4.79 Å². The van der Waals surface area contributed by atoms with Gasteiger partial charge in [0, 0.05) is 12.7 Å². The number of pyridine rings is 1. The van der Waals surface area contributed by atoms with Gasteiger partial charge in [-0.2, -0.15) is 0 Å². The molecule has 2 fully saturated rings. The number of halogens is 1. The summed E-state index contributed by atoms with van der Waals surface area (Å²) in [5.74, 6) is -0.301. The van der Waals surface area contributed by atoms with E-state index in [1.54, 1.807) is 11.8 Å². The van der Waals surface area contributed by atoms with Crippen LogP contribution in [0.3, 0.4) is 0 Å². The topological polar surface area (TPSA) is 77.7 Å². The maximum atomic E-state index is 13.9. The van der Waals surface area contributed by atoms with Crippen molar-refractivity contribution in [2.45, 2.75) is 38.0 Å². The number of hydrogen-bond donors (Lipinski definition) is 0. The fraction of sp³-hybridized carbons (Fsp3) is 0.471. The summed E-state index contributed by atoms with van der Waals surface area (Å²) in [6.45, 7) is 2.54. The molecule has 0 N–H and O–H groups in total. The molecule has 132 valence electrons. The first-order chi connectivity index (χ1) is 12.1. The molecule has 1 aliphatic heterocycles. The number of fused-ring (bicyclic) bond motifs is 2. The Bertz CT molecular complexity index is 781. The first-order valence-electron chi connectivity index (χ1n) is 8.26. The molecule has 1 aliphatic carbocycles. The van der Waals surface area contributed by atoms with E-state index in [2.05, 4.69) is 10.1 Å². The van der Waals surface area contributed by atoms with Crippen molar-refractivity contribution in [3.05, 3.63) is 41.7 Å². The smallest absolute Gasteiger partial charge is 0.259 e. The maximum absolute atomic E-state index is 13.9. The Hall–Kier alpha value is -2.48. The highest BCUT2D eigenvalue weighted by Gasteiger charge is 2.46. The van der Waals surface area contributed by atoms with Crippen LogP contribution in [0, 0.1) is 12.7 Å². The fourth-order valence-corrected chi connectivity index (χ4v) is 3.54. The van der Waals surface area contributed by atoms with Gasteiger partial charge >= 0.3 is 0 Å². The zero-order chi connectivity index (χ0) is 17.4. The zero-order valence-electron chi connectivity index (χ0n) is 13.7. The zero-order valence-corrected chi connectivity index (χ0v) is 13.7. The molecule has 3 heterocycles. The van der Waals surface area contributed by atoms with Crippen LogP contribution in [0.2, 0.25) is 0 Å². The Kier molecular flexibility index (Phi) is 4.12. The molecule has 0 aromatic carbocycles. The van der Waals surface area contributed by atoms with Crippen molar-refractivity contribution < 1.29 is 23.2 Å². The predicted molar refractivity (Wildman–Crippen MR) is 83.6 cm³/mol. The number of rotatable bonds is 3. The maximum Gasteiger partial charge on any atom is 0.259 e. The van der Waals surface area contributed by atoms with Crippen LogP contribution in [0.25, 0.3) is 0 Å². The van der Waals surface area contributed by atoms with Crippen molar-refractivity contribution in [1.82, 2.24) is 15.0 Å². The van der Waals surface area contributed by atoms with Crippen molar-refractivity contribution in [3.8, 4) is 5.88 Å². The number of hydrogen-bond acceptors (Lipinski definition) is 6. The van der Waals surface area contributed by atoms with Gasteiger partial charge in [0.15, 0.2) is 5.82 Å². The highest BCUT2D eigenvalue weighted by atomic mass is 19.1. The lowest BCUT2D eigenvalue weighted by atomic mass is 10.1. The fourth-order valence-electron chi connectivity index (χ4n) is 3.54. The number of aryl methyl sites for hydroxylation is 1. The minimum absolute atomic E-state index is 0.0662. The van der Waals surface area contributed by atoms with E-state index in [0.29, 0.717) is 24.5 Å². The molecular formula is C17H18FN3O4. The van der Waals surface area contributed by atoms with Crippen molar-refractivity contribution in [2.75, 3.05) is 13.2 Å². The number of aromatic nitrogens is 2. The van der Waals surface area contributed by atoms with E-state index in [0.717, 1.165) is 12.8 Å². The summed E-state index contributed by atoms with van der Waals surface area (Å²) in [6, 6.07) is 2.59. The van der Waals surface area contributed by atoms with Gasteiger partial charge in [0.2, 0.25) is 0 Å². The van der Waals surface area contributed by atoms with Gasteiger partial charge in [-0.1, -0.05) is 5.16 Å². The molecule has 2 bridgehead atoms. The first kappa shape index (κ1) is 16.0. The second-order valence-corrected chi connectivity index (χ2v) is 6.22. The highest BCUT2D eigenvalue weighted by molar-refractivity contribution is 5.95. The van der Waals surface area contributed by atoms with Crippen LogP contribution >= 0.6 is 0 Å². The quantitative estimate of drug-likeness (QED) is 0.845. The SMILES string of the molecule is Cc1oncc1C(=O)N1CCOC2CCC1C2Oc1ncccc1F. The number of nitrogens with zero attached hydrogens (tertiary/aromatic N) is 3. The Morgan fingerprint density at radius 3 is 3.08 bits per heavy atom. The molecule has 3 atom stereocenters. The van der Waals surface area contributed by atoms with Gasteiger partial charge in [-0.25, -0.2) is 9.37 Å². The standard InChI is InChI=1S/C17H18FN3O4/c1-10-11(9-20-25-10)17(22)21-7-8-23-14-5-4-13(21)15(14)24-16-12(18)3-2-6-19-16/h2-3,6,9,13-15H,4-5,7-8H2,1H3. The van der Waals surface area contributed by atoms with Crippen molar-refractivity contribution >= 4 is 5.91 Å². The van der Waals surface area contributed by atoms with Crippen LogP contribution in [0.1, 0.15) is 29.0 Å². The van der Waals surface area contributed by atoms with Gasteiger partial charge in [0.05, 0.1) is 24.9 Å². The van der Waals surface area contributed by atoms with Crippen LogP contribution < -0.4 is 4.74 Å². The molecule has 1 amide bonds. The lowest BCUT2D eigenvalue weighted by Gasteiger charge is -2.31. The van der Waals surface area contributed by atoms with Gasteiger partial charge in [-0.05, 0) is 31.9 Å². The number of amides is 1. The first-order valence-corrected chi connectivity index (χ1v) is 8.26. The van der Waals surface area contributed by atoms with Crippen LogP contribution in [0.4, 0.5) is 4.39 Å². The molecule has 25 heavy (non-hydrogen) atoms. The molecule has 2 aliphatic rings. The molecule has 1 saturated carbocycles. The largest absolute Gasteiger partial charge is 0.467 e. The van der Waals surface area contributed by atoms with E-state index in [1.165, 1.54) is 24.5 Å². The summed E-state index contributed by atoms with van der Waals surface area (Å²) in [5, 5.41) is 3.68. The van der Waals surface area contributed by atoms with Crippen molar-refractivity contribution in [3.63, 3.8) is 0 Å². The van der Waals surface area contributed by atoms with E-state index in [9.17, 15) is 9.18 Å².